The van der Waals surface area contributed by atoms with E-state index in [4.69, 9.17) is 32.7 Å². The number of fused-ring (bicyclic) bond motifs is 1. The molecule has 11 nitrogen and oxygen atoms in total. The second-order valence-corrected chi connectivity index (χ2v) is 13.0. The Balaban J connectivity index is 1.51. The summed E-state index contributed by atoms with van der Waals surface area (Å²) in [5.74, 6) is -1.11. The summed E-state index contributed by atoms with van der Waals surface area (Å²) in [6.45, 7) is 5.11. The molecule has 0 saturated carbocycles. The zero-order valence-electron chi connectivity index (χ0n) is 24.7. The van der Waals surface area contributed by atoms with Crippen molar-refractivity contribution in [3.63, 3.8) is 0 Å². The summed E-state index contributed by atoms with van der Waals surface area (Å²) in [4.78, 5) is 23.0. The Kier molecular flexibility index (Phi) is 9.38. The molecule has 0 radical (unpaired) electrons. The Morgan fingerprint density at radius 1 is 1.22 bits per heavy atom. The molecule has 0 amide bonds. The molecule has 0 spiro atoms. The van der Waals surface area contributed by atoms with Crippen LogP contribution in [0.3, 0.4) is 0 Å². The second-order valence-electron chi connectivity index (χ2n) is 10.4. The van der Waals surface area contributed by atoms with Gasteiger partial charge in [0.1, 0.15) is 22.6 Å². The maximum absolute atomic E-state index is 14.6. The Morgan fingerprint density at radius 2 is 1.93 bits per heavy atom. The molecule has 0 fully saturated rings. The average Bonchev–Trinajstić information content (AvgIpc) is 3.41. The largest absolute Gasteiger partial charge is 0.482 e. The van der Waals surface area contributed by atoms with Gasteiger partial charge in [-0.3, -0.25) is 19.1 Å². The van der Waals surface area contributed by atoms with Crippen LogP contribution < -0.4 is 9.04 Å². The van der Waals surface area contributed by atoms with Crippen molar-refractivity contribution < 1.29 is 32.0 Å². The highest BCUT2D eigenvalue weighted by molar-refractivity contribution is 7.93. The van der Waals surface area contributed by atoms with Gasteiger partial charge in [0.05, 0.1) is 27.7 Å². The molecule has 0 bridgehead atoms. The van der Waals surface area contributed by atoms with Crippen LogP contribution in [0.25, 0.3) is 11.6 Å². The predicted molar refractivity (Wildman–Crippen MR) is 171 cm³/mol. The van der Waals surface area contributed by atoms with Gasteiger partial charge in [-0.05, 0) is 68.3 Å². The average molecular weight is 690 g/mol. The summed E-state index contributed by atoms with van der Waals surface area (Å²) in [7, 11) is -4.33. The molecule has 4 aromatic rings. The third-order valence-corrected chi connectivity index (χ3v) is 9.81. The fourth-order valence-electron chi connectivity index (χ4n) is 4.91. The standard InChI is InChI=1S/C31H27Cl2FN4O7S/c1-4-36-17-28(30(33)35-36)46(42,43)37-16-27(19(3)44-31(39)21-9-11-22(12-10-21)38(40)41)45-26-13-8-20(15-25(26)37)14-18(2)29-23(32)6-5-7-24(29)34/h5-15,17,19,27H,4,16H2,1-3H3/t19-,27-/m1/s1. The number of hydrogen-bond acceptors (Lipinski definition) is 8. The van der Waals surface area contributed by atoms with Gasteiger partial charge in [-0.25, -0.2) is 17.6 Å². The van der Waals surface area contributed by atoms with E-state index in [0.29, 0.717) is 17.7 Å². The van der Waals surface area contributed by atoms with E-state index in [1.807, 2.05) is 0 Å². The van der Waals surface area contributed by atoms with E-state index in [2.05, 4.69) is 5.10 Å². The first kappa shape index (κ1) is 32.9. The fourth-order valence-corrected chi connectivity index (χ4v) is 7.16. The summed E-state index contributed by atoms with van der Waals surface area (Å²) in [5, 5.41) is 15.0. The van der Waals surface area contributed by atoms with Crippen LogP contribution in [0.4, 0.5) is 15.8 Å². The summed E-state index contributed by atoms with van der Waals surface area (Å²) in [5.41, 5.74) is 1.30. The Morgan fingerprint density at radius 3 is 2.57 bits per heavy atom. The molecule has 2 atom stereocenters. The van der Waals surface area contributed by atoms with Crippen molar-refractivity contribution >= 4 is 62.2 Å². The van der Waals surface area contributed by atoms with Gasteiger partial charge in [-0.15, -0.1) is 0 Å². The zero-order chi connectivity index (χ0) is 33.3. The van der Waals surface area contributed by atoms with Crippen LogP contribution in [-0.2, 0) is 21.3 Å². The Labute approximate surface area is 273 Å². The van der Waals surface area contributed by atoms with E-state index in [9.17, 15) is 27.7 Å². The quantitative estimate of drug-likeness (QED) is 0.0793. The van der Waals surface area contributed by atoms with Gasteiger partial charge in [0, 0.05) is 30.4 Å². The smallest absolute Gasteiger partial charge is 0.338 e. The topological polar surface area (TPSA) is 134 Å². The van der Waals surface area contributed by atoms with Crippen molar-refractivity contribution in [1.29, 1.82) is 0 Å². The Bertz CT molecular complexity index is 1950. The number of aryl methyl sites for hydroxylation is 1. The van der Waals surface area contributed by atoms with Gasteiger partial charge in [-0.1, -0.05) is 41.4 Å². The molecular weight excluding hydrogens is 662 g/mol. The molecule has 1 aromatic heterocycles. The van der Waals surface area contributed by atoms with E-state index in [1.54, 1.807) is 51.1 Å². The van der Waals surface area contributed by atoms with Gasteiger partial charge in [0.25, 0.3) is 15.7 Å². The zero-order valence-corrected chi connectivity index (χ0v) is 27.0. The molecule has 15 heteroatoms. The molecule has 1 aliphatic rings. The van der Waals surface area contributed by atoms with E-state index in [0.717, 1.165) is 4.31 Å². The number of rotatable bonds is 9. The number of sulfonamides is 1. The highest BCUT2D eigenvalue weighted by Crippen LogP contribution is 2.40. The number of nitrogens with zero attached hydrogens (tertiary/aromatic N) is 4. The highest BCUT2D eigenvalue weighted by atomic mass is 35.5. The molecule has 0 N–H and O–H groups in total. The summed E-state index contributed by atoms with van der Waals surface area (Å²) in [6, 6.07) is 14.1. The van der Waals surface area contributed by atoms with E-state index >= 15 is 0 Å². The van der Waals surface area contributed by atoms with Crippen molar-refractivity contribution in [3.8, 4) is 5.75 Å². The lowest BCUT2D eigenvalue weighted by Gasteiger charge is -2.37. The van der Waals surface area contributed by atoms with Crippen molar-refractivity contribution in [2.24, 2.45) is 0 Å². The van der Waals surface area contributed by atoms with E-state index in [1.165, 1.54) is 47.3 Å². The monoisotopic (exact) mass is 688 g/mol. The van der Waals surface area contributed by atoms with Gasteiger partial charge < -0.3 is 9.47 Å². The molecule has 0 saturated heterocycles. The number of benzene rings is 3. The Hall–Kier alpha value is -4.46. The summed E-state index contributed by atoms with van der Waals surface area (Å²) < 4.78 is 57.1. The number of carbonyl (C=O) groups is 1. The number of carbonyl (C=O) groups excluding carboxylic acids is 1. The first-order valence-corrected chi connectivity index (χ1v) is 16.1. The van der Waals surface area contributed by atoms with Crippen molar-refractivity contribution in [3.05, 3.63) is 110 Å². The first-order valence-electron chi connectivity index (χ1n) is 13.9. The van der Waals surface area contributed by atoms with Crippen LogP contribution in [0.5, 0.6) is 5.75 Å². The number of ether oxygens (including phenoxy) is 2. The number of aromatic nitrogens is 2. The van der Waals surface area contributed by atoms with Crippen LogP contribution in [0.1, 0.15) is 42.3 Å². The van der Waals surface area contributed by atoms with Crippen LogP contribution in [-0.4, -0.2) is 47.8 Å². The first-order chi connectivity index (χ1) is 21.8. The minimum Gasteiger partial charge on any atom is -0.482 e. The third kappa shape index (κ3) is 6.57. The van der Waals surface area contributed by atoms with Crippen LogP contribution in [0, 0.1) is 15.9 Å². The highest BCUT2D eigenvalue weighted by Gasteiger charge is 2.40. The molecule has 0 aliphatic carbocycles. The van der Waals surface area contributed by atoms with Crippen molar-refractivity contribution in [1.82, 2.24) is 9.78 Å². The SMILES string of the molecule is CCn1cc(S(=O)(=O)N2C[C@H]([C@@H](C)OC(=O)c3ccc([N+](=O)[O-])cc3)Oc3ccc(C=C(C)c4c(F)cccc4Cl)cc32)c(Cl)n1. The summed E-state index contributed by atoms with van der Waals surface area (Å²) >= 11 is 12.5. The van der Waals surface area contributed by atoms with Gasteiger partial charge in [-0.2, -0.15) is 5.10 Å². The fraction of sp³-hybridized carbons (Fsp3) is 0.226. The molecule has 5 rings (SSSR count). The number of allylic oxidation sites excluding steroid dienone is 1. The van der Waals surface area contributed by atoms with E-state index < -0.39 is 38.9 Å². The minimum atomic E-state index is -4.33. The molecule has 2 heterocycles. The molecular formula is C31H27Cl2FN4O7S. The normalized spacial score (nSPS) is 15.6. The van der Waals surface area contributed by atoms with Crippen LogP contribution >= 0.6 is 23.2 Å². The number of non-ortho nitro benzene ring substituents is 1. The number of halogens is 3. The van der Waals surface area contributed by atoms with Crippen LogP contribution in [0.2, 0.25) is 10.2 Å². The molecule has 3 aromatic carbocycles. The molecule has 0 unspecified atom stereocenters. The molecule has 240 valence electrons. The maximum Gasteiger partial charge on any atom is 0.338 e. The number of nitro benzene ring substituents is 1. The lowest BCUT2D eigenvalue weighted by molar-refractivity contribution is -0.384. The van der Waals surface area contributed by atoms with Crippen molar-refractivity contribution in [2.75, 3.05) is 10.8 Å². The number of anilines is 1. The van der Waals surface area contributed by atoms with Crippen molar-refractivity contribution in [2.45, 2.75) is 44.4 Å². The number of hydrogen-bond donors (Lipinski definition) is 0. The number of esters is 1. The molecule has 1 aliphatic heterocycles. The van der Waals surface area contributed by atoms with Crippen LogP contribution in [0.15, 0.2) is 71.8 Å². The van der Waals surface area contributed by atoms with Gasteiger partial charge in [0.2, 0.25) is 0 Å². The maximum atomic E-state index is 14.6. The molecule has 46 heavy (non-hydrogen) atoms. The lowest BCUT2D eigenvalue weighted by Crippen LogP contribution is -2.49. The van der Waals surface area contributed by atoms with E-state index in [-0.39, 0.29) is 49.9 Å². The summed E-state index contributed by atoms with van der Waals surface area (Å²) in [6.07, 6.45) is 1.06. The lowest BCUT2D eigenvalue weighted by atomic mass is 10.0. The minimum absolute atomic E-state index is 0.0682. The van der Waals surface area contributed by atoms with Gasteiger partial charge >= 0.3 is 5.97 Å². The predicted octanol–water partition coefficient (Wildman–Crippen LogP) is 7.02. The van der Waals surface area contributed by atoms with Gasteiger partial charge in [0.15, 0.2) is 11.3 Å². The third-order valence-electron chi connectivity index (χ3n) is 7.32. The number of nitro groups is 1. The second kappa shape index (κ2) is 13.1.